The molecule has 7 heteroatoms. The molecule has 4 aromatic rings. The van der Waals surface area contributed by atoms with Crippen molar-refractivity contribution in [2.24, 2.45) is 0 Å². The molecule has 6 nitrogen and oxygen atoms in total. The zero-order valence-corrected chi connectivity index (χ0v) is 16.8. The van der Waals surface area contributed by atoms with Crippen LogP contribution in [0.3, 0.4) is 0 Å². The smallest absolute Gasteiger partial charge is 0.338 e. The van der Waals surface area contributed by atoms with Crippen LogP contribution in [0.5, 0.6) is 5.75 Å². The molecule has 2 heterocycles. The number of carbonyl (C=O) groups is 1. The molecule has 29 heavy (non-hydrogen) atoms. The van der Waals surface area contributed by atoms with Crippen LogP contribution in [0.15, 0.2) is 48.5 Å². The highest BCUT2D eigenvalue weighted by atomic mass is 32.1. The Labute approximate surface area is 171 Å². The van der Waals surface area contributed by atoms with Gasteiger partial charge in [-0.3, -0.25) is 0 Å². The lowest BCUT2D eigenvalue weighted by atomic mass is 10.0. The van der Waals surface area contributed by atoms with E-state index in [1.807, 2.05) is 38.1 Å². The summed E-state index contributed by atoms with van der Waals surface area (Å²) < 4.78 is 5.37. The molecule has 0 aliphatic rings. The Morgan fingerprint density at radius 1 is 1.03 bits per heavy atom. The maximum Gasteiger partial charge on any atom is 0.338 e. The van der Waals surface area contributed by atoms with E-state index < -0.39 is 5.97 Å². The lowest BCUT2D eigenvalue weighted by molar-refractivity contribution is 0.0463. The average molecular weight is 405 g/mol. The van der Waals surface area contributed by atoms with E-state index in [1.165, 1.54) is 0 Å². The molecular weight excluding hydrogens is 386 g/mol. The fourth-order valence-corrected chi connectivity index (χ4v) is 4.11. The number of hydrogen-bond acceptors (Lipinski definition) is 7. The number of aromatic hydroxyl groups is 1. The van der Waals surface area contributed by atoms with Crippen molar-refractivity contribution in [3.05, 3.63) is 70.4 Å². The number of hydrogen-bond donors (Lipinski definition) is 2. The van der Waals surface area contributed by atoms with E-state index in [9.17, 15) is 9.90 Å². The van der Waals surface area contributed by atoms with Crippen molar-refractivity contribution in [1.82, 2.24) is 9.97 Å². The summed E-state index contributed by atoms with van der Waals surface area (Å²) >= 11 is 1.55. The molecule has 0 unspecified atom stereocenters. The van der Waals surface area contributed by atoms with Crippen molar-refractivity contribution in [3.8, 4) is 16.9 Å². The van der Waals surface area contributed by atoms with Gasteiger partial charge in [0.25, 0.3) is 0 Å². The van der Waals surface area contributed by atoms with Gasteiger partial charge in [-0.25, -0.2) is 14.8 Å². The number of ether oxygens (including phenoxy) is 1. The number of anilines is 1. The highest BCUT2D eigenvalue weighted by Gasteiger charge is 2.14. The number of thiophene rings is 1. The third kappa shape index (κ3) is 3.77. The lowest BCUT2D eigenvalue weighted by Gasteiger charge is -2.07. The van der Waals surface area contributed by atoms with E-state index in [2.05, 4.69) is 9.97 Å². The Hall–Kier alpha value is -3.45. The maximum atomic E-state index is 12.4. The molecule has 0 saturated carbocycles. The summed E-state index contributed by atoms with van der Waals surface area (Å²) in [5.41, 5.74) is 9.47. The molecule has 0 aliphatic carbocycles. The predicted octanol–water partition coefficient (Wildman–Crippen LogP) is 4.62. The van der Waals surface area contributed by atoms with Crippen LogP contribution in [0.1, 0.15) is 26.6 Å². The van der Waals surface area contributed by atoms with E-state index in [-0.39, 0.29) is 12.4 Å². The van der Waals surface area contributed by atoms with Gasteiger partial charge in [0.1, 0.15) is 16.4 Å². The first-order valence-electron chi connectivity index (χ1n) is 9.01. The van der Waals surface area contributed by atoms with Gasteiger partial charge in [-0.05, 0) is 54.8 Å². The van der Waals surface area contributed by atoms with Gasteiger partial charge in [-0.1, -0.05) is 24.3 Å². The van der Waals surface area contributed by atoms with Gasteiger partial charge in [0, 0.05) is 4.88 Å². The third-order valence-electron chi connectivity index (χ3n) is 4.76. The molecule has 3 N–H and O–H groups in total. The number of rotatable bonds is 4. The molecular formula is C22H19N3O3S. The van der Waals surface area contributed by atoms with Crippen molar-refractivity contribution in [2.75, 3.05) is 5.73 Å². The fraction of sp³-hybridized carbons (Fsp3) is 0.136. The maximum absolute atomic E-state index is 12.4. The number of nitrogens with two attached hydrogens (primary N) is 1. The van der Waals surface area contributed by atoms with Crippen LogP contribution < -0.4 is 5.73 Å². The van der Waals surface area contributed by atoms with E-state index >= 15 is 0 Å². The van der Waals surface area contributed by atoms with Crippen molar-refractivity contribution >= 4 is 33.3 Å². The van der Waals surface area contributed by atoms with Crippen molar-refractivity contribution in [3.63, 3.8) is 0 Å². The number of benzene rings is 2. The standard InChI is InChI=1S/C22H19N3O3S/c1-12-13(2)29-21-19(12)20(23)24-18(25-21)11-28-22(27)16-5-3-14(4-6-16)15-7-9-17(26)10-8-15/h3-10,26H,11H2,1-2H3,(H2,23,24,25). The minimum absolute atomic E-state index is 0.0469. The van der Waals surface area contributed by atoms with Crippen LogP contribution >= 0.6 is 11.3 Å². The minimum Gasteiger partial charge on any atom is -0.508 e. The van der Waals surface area contributed by atoms with E-state index in [4.69, 9.17) is 10.5 Å². The van der Waals surface area contributed by atoms with E-state index in [0.29, 0.717) is 17.2 Å². The molecule has 2 aromatic carbocycles. The summed E-state index contributed by atoms with van der Waals surface area (Å²) in [6.07, 6.45) is 0. The summed E-state index contributed by atoms with van der Waals surface area (Å²) in [4.78, 5) is 23.1. The summed E-state index contributed by atoms with van der Waals surface area (Å²) in [6.45, 7) is 3.97. The second-order valence-electron chi connectivity index (χ2n) is 6.69. The second kappa shape index (κ2) is 7.52. The van der Waals surface area contributed by atoms with Crippen LogP contribution in [0.25, 0.3) is 21.3 Å². The SMILES string of the molecule is Cc1sc2nc(COC(=O)c3ccc(-c4ccc(O)cc4)cc3)nc(N)c2c1C. The number of phenols is 1. The molecule has 0 saturated heterocycles. The normalized spacial score (nSPS) is 11.0. The number of esters is 1. The number of aryl methyl sites for hydroxylation is 2. The number of aromatic nitrogens is 2. The molecule has 0 amide bonds. The van der Waals surface area contributed by atoms with Gasteiger partial charge in [0.2, 0.25) is 0 Å². The van der Waals surface area contributed by atoms with Gasteiger partial charge >= 0.3 is 5.97 Å². The molecule has 4 rings (SSSR count). The zero-order chi connectivity index (χ0) is 20.5. The highest BCUT2D eigenvalue weighted by molar-refractivity contribution is 7.18. The van der Waals surface area contributed by atoms with Crippen LogP contribution in [-0.2, 0) is 11.3 Å². The molecule has 0 radical (unpaired) electrons. The van der Waals surface area contributed by atoms with Crippen LogP contribution in [-0.4, -0.2) is 21.0 Å². The number of nitrogens with zero attached hydrogens (tertiary/aromatic N) is 2. The van der Waals surface area contributed by atoms with Gasteiger partial charge in [-0.2, -0.15) is 0 Å². The number of carbonyl (C=O) groups excluding carboxylic acids is 1. The van der Waals surface area contributed by atoms with Gasteiger partial charge < -0.3 is 15.6 Å². The van der Waals surface area contributed by atoms with Gasteiger partial charge in [-0.15, -0.1) is 11.3 Å². The lowest BCUT2D eigenvalue weighted by Crippen LogP contribution is -2.08. The average Bonchev–Trinajstić information content (AvgIpc) is 3.01. The van der Waals surface area contributed by atoms with Crippen LogP contribution in [0, 0.1) is 13.8 Å². The Balaban J connectivity index is 1.47. The largest absolute Gasteiger partial charge is 0.508 e. The number of fused-ring (bicyclic) bond motifs is 1. The Bertz CT molecular complexity index is 1200. The molecule has 146 valence electrons. The Kier molecular flexibility index (Phi) is 4.90. The molecule has 0 atom stereocenters. The van der Waals surface area contributed by atoms with Crippen molar-refractivity contribution in [2.45, 2.75) is 20.5 Å². The highest BCUT2D eigenvalue weighted by Crippen LogP contribution is 2.32. The number of nitrogen functional groups attached to an aromatic ring is 1. The van der Waals surface area contributed by atoms with E-state index in [0.717, 1.165) is 31.8 Å². The quantitative estimate of drug-likeness (QED) is 0.481. The second-order valence-corrected chi connectivity index (χ2v) is 7.89. The van der Waals surface area contributed by atoms with Crippen LogP contribution in [0.4, 0.5) is 5.82 Å². The van der Waals surface area contributed by atoms with Crippen molar-refractivity contribution < 1.29 is 14.6 Å². The third-order valence-corrected chi connectivity index (χ3v) is 5.86. The molecule has 0 aliphatic heterocycles. The zero-order valence-electron chi connectivity index (χ0n) is 16.0. The monoisotopic (exact) mass is 405 g/mol. The molecule has 0 bridgehead atoms. The minimum atomic E-state index is -0.455. The summed E-state index contributed by atoms with van der Waals surface area (Å²) in [5, 5.41) is 10.3. The number of phenolic OH excluding ortho intramolecular Hbond substituents is 1. The molecule has 0 spiro atoms. The molecule has 0 fully saturated rings. The predicted molar refractivity (Wildman–Crippen MR) is 114 cm³/mol. The molecule has 2 aromatic heterocycles. The Morgan fingerprint density at radius 3 is 2.31 bits per heavy atom. The topological polar surface area (TPSA) is 98.3 Å². The van der Waals surface area contributed by atoms with Crippen LogP contribution in [0.2, 0.25) is 0 Å². The summed E-state index contributed by atoms with van der Waals surface area (Å²) in [7, 11) is 0. The van der Waals surface area contributed by atoms with Gasteiger partial charge in [0.15, 0.2) is 12.4 Å². The first-order chi connectivity index (χ1) is 13.9. The Morgan fingerprint density at radius 2 is 1.66 bits per heavy atom. The summed E-state index contributed by atoms with van der Waals surface area (Å²) in [6, 6.07) is 13.9. The summed E-state index contributed by atoms with van der Waals surface area (Å²) in [5.74, 6) is 0.539. The van der Waals surface area contributed by atoms with Crippen molar-refractivity contribution in [1.29, 1.82) is 0 Å². The van der Waals surface area contributed by atoms with Gasteiger partial charge in [0.05, 0.1) is 10.9 Å². The fourth-order valence-electron chi connectivity index (χ4n) is 3.06. The van der Waals surface area contributed by atoms with E-state index in [1.54, 1.807) is 35.6 Å². The first-order valence-corrected chi connectivity index (χ1v) is 9.82. The first kappa shape index (κ1) is 18.9.